The Morgan fingerprint density at radius 1 is 1.13 bits per heavy atom. The Bertz CT molecular complexity index is 501. The lowest BCUT2D eigenvalue weighted by Crippen LogP contribution is -2.14. The highest BCUT2D eigenvalue weighted by atomic mass is 15.0. The van der Waals surface area contributed by atoms with Crippen molar-refractivity contribution in [3.05, 3.63) is 35.3 Å². The number of nitrogens with zero attached hydrogens (tertiary/aromatic N) is 2. The zero-order chi connectivity index (χ0) is 11.2. The largest absolute Gasteiger partial charge is 0.307 e. The lowest BCUT2D eigenvalue weighted by molar-refractivity contribution is 0.582. The van der Waals surface area contributed by atoms with Crippen LogP contribution < -0.4 is 0 Å². The van der Waals surface area contributed by atoms with E-state index < -0.39 is 0 Å². The van der Waals surface area contributed by atoms with E-state index in [9.17, 15) is 0 Å². The minimum absolute atomic E-state index is 0.191. The quantitative estimate of drug-likeness (QED) is 0.641. The predicted octanol–water partition coefficient (Wildman–Crippen LogP) is 3.25. The molecule has 2 aromatic rings. The van der Waals surface area contributed by atoms with Crippen LogP contribution in [0.25, 0.3) is 5.65 Å². The Hall–Kier alpha value is -1.31. The van der Waals surface area contributed by atoms with Crippen LogP contribution in [0.2, 0.25) is 0 Å². The molecule has 0 aliphatic carbocycles. The van der Waals surface area contributed by atoms with Gasteiger partial charge in [0.1, 0.15) is 5.65 Å². The molecule has 0 aliphatic rings. The second-order valence-corrected chi connectivity index (χ2v) is 5.27. The molecule has 15 heavy (non-hydrogen) atoms. The molecule has 0 amide bonds. The second kappa shape index (κ2) is 3.09. The molecule has 2 aromatic heterocycles. The number of pyridine rings is 1. The van der Waals surface area contributed by atoms with Crippen molar-refractivity contribution in [3.63, 3.8) is 0 Å². The summed E-state index contributed by atoms with van der Waals surface area (Å²) in [7, 11) is 0. The summed E-state index contributed by atoms with van der Waals surface area (Å²) < 4.78 is 2.11. The number of imidazole rings is 1. The van der Waals surface area contributed by atoms with Gasteiger partial charge in [0, 0.05) is 12.4 Å². The van der Waals surface area contributed by atoms with Crippen LogP contribution in [0.5, 0.6) is 0 Å². The summed E-state index contributed by atoms with van der Waals surface area (Å²) in [5, 5.41) is 0. The van der Waals surface area contributed by atoms with E-state index in [-0.39, 0.29) is 5.41 Å². The topological polar surface area (TPSA) is 17.3 Å². The van der Waals surface area contributed by atoms with Gasteiger partial charge in [-0.3, -0.25) is 0 Å². The minimum atomic E-state index is 0.191. The number of fused-ring (bicyclic) bond motifs is 1. The van der Waals surface area contributed by atoms with Crippen molar-refractivity contribution in [1.29, 1.82) is 0 Å². The third-order valence-electron chi connectivity index (χ3n) is 2.73. The first-order valence-electron chi connectivity index (χ1n) is 5.34. The zero-order valence-corrected chi connectivity index (χ0v) is 10.1. The molecule has 0 atom stereocenters. The van der Waals surface area contributed by atoms with Crippen molar-refractivity contribution in [1.82, 2.24) is 9.38 Å². The summed E-state index contributed by atoms with van der Waals surface area (Å²) in [5.41, 5.74) is 5.00. The number of hydrogen-bond donors (Lipinski definition) is 0. The van der Waals surface area contributed by atoms with E-state index in [0.29, 0.717) is 0 Å². The van der Waals surface area contributed by atoms with Gasteiger partial charge in [-0.25, -0.2) is 4.98 Å². The van der Waals surface area contributed by atoms with Gasteiger partial charge in [0.25, 0.3) is 0 Å². The highest BCUT2D eigenvalue weighted by Gasteiger charge is 2.17. The maximum absolute atomic E-state index is 4.46. The average Bonchev–Trinajstić information content (AvgIpc) is 2.40. The SMILES string of the molecule is Cc1cn2cc(C(C)(C)C)c(C)cc2n1. The normalized spacial score (nSPS) is 12.3. The molecule has 80 valence electrons. The number of aryl methyl sites for hydroxylation is 2. The summed E-state index contributed by atoms with van der Waals surface area (Å²) in [6.07, 6.45) is 4.27. The molecule has 0 bridgehead atoms. The molecule has 0 radical (unpaired) electrons. The lowest BCUT2D eigenvalue weighted by atomic mass is 9.85. The fourth-order valence-electron chi connectivity index (χ4n) is 2.04. The van der Waals surface area contributed by atoms with Crippen LogP contribution in [0.1, 0.15) is 37.6 Å². The first-order chi connectivity index (χ1) is 6.88. The standard InChI is InChI=1S/C13H18N2/c1-9-6-12-14-10(2)7-15(12)8-11(9)13(3,4)5/h6-8H,1-5H3. The van der Waals surface area contributed by atoms with Crippen LogP contribution in [0.15, 0.2) is 18.5 Å². The van der Waals surface area contributed by atoms with E-state index in [4.69, 9.17) is 0 Å². The van der Waals surface area contributed by atoms with Gasteiger partial charge >= 0.3 is 0 Å². The van der Waals surface area contributed by atoms with Crippen molar-refractivity contribution < 1.29 is 0 Å². The average molecular weight is 202 g/mol. The molecule has 0 fully saturated rings. The van der Waals surface area contributed by atoms with E-state index in [1.807, 2.05) is 6.92 Å². The van der Waals surface area contributed by atoms with Gasteiger partial charge < -0.3 is 4.40 Å². The molecule has 2 heterocycles. The van der Waals surface area contributed by atoms with Crippen molar-refractivity contribution >= 4 is 5.65 Å². The van der Waals surface area contributed by atoms with Crippen molar-refractivity contribution in [2.45, 2.75) is 40.0 Å². The fourth-order valence-corrected chi connectivity index (χ4v) is 2.04. The minimum Gasteiger partial charge on any atom is -0.307 e. The van der Waals surface area contributed by atoms with Crippen molar-refractivity contribution in [2.24, 2.45) is 0 Å². The number of aromatic nitrogens is 2. The van der Waals surface area contributed by atoms with Gasteiger partial charge in [0.05, 0.1) is 5.69 Å². The Kier molecular flexibility index (Phi) is 2.10. The molecule has 0 spiro atoms. The van der Waals surface area contributed by atoms with Gasteiger partial charge in [-0.05, 0) is 36.5 Å². The molecular weight excluding hydrogens is 184 g/mol. The Morgan fingerprint density at radius 3 is 2.40 bits per heavy atom. The second-order valence-electron chi connectivity index (χ2n) is 5.27. The fraction of sp³-hybridized carbons (Fsp3) is 0.462. The van der Waals surface area contributed by atoms with Crippen LogP contribution in [0.4, 0.5) is 0 Å². The number of rotatable bonds is 0. The lowest BCUT2D eigenvalue weighted by Gasteiger charge is -2.21. The molecule has 0 aromatic carbocycles. The van der Waals surface area contributed by atoms with Gasteiger partial charge in [-0.2, -0.15) is 0 Å². The van der Waals surface area contributed by atoms with Crippen LogP contribution in [-0.4, -0.2) is 9.38 Å². The molecule has 2 heteroatoms. The van der Waals surface area contributed by atoms with Crippen LogP contribution in [0.3, 0.4) is 0 Å². The third-order valence-corrected chi connectivity index (χ3v) is 2.73. The molecular formula is C13H18N2. The molecule has 0 N–H and O–H groups in total. The van der Waals surface area contributed by atoms with Gasteiger partial charge in [0.15, 0.2) is 0 Å². The first-order valence-corrected chi connectivity index (χ1v) is 5.34. The molecule has 0 saturated carbocycles. The Balaban J connectivity index is 2.72. The van der Waals surface area contributed by atoms with Crippen LogP contribution in [-0.2, 0) is 5.41 Å². The summed E-state index contributed by atoms with van der Waals surface area (Å²) in [6.45, 7) is 10.9. The van der Waals surface area contributed by atoms with Crippen molar-refractivity contribution in [2.75, 3.05) is 0 Å². The first kappa shape index (κ1) is 10.2. The van der Waals surface area contributed by atoms with E-state index in [1.54, 1.807) is 0 Å². The maximum Gasteiger partial charge on any atom is 0.137 e. The van der Waals surface area contributed by atoms with E-state index in [0.717, 1.165) is 11.3 Å². The number of hydrogen-bond acceptors (Lipinski definition) is 1. The molecule has 2 nitrogen and oxygen atoms in total. The summed E-state index contributed by atoms with van der Waals surface area (Å²) in [6, 6.07) is 2.16. The zero-order valence-electron chi connectivity index (χ0n) is 10.1. The smallest absolute Gasteiger partial charge is 0.137 e. The summed E-state index contributed by atoms with van der Waals surface area (Å²) >= 11 is 0. The molecule has 0 aliphatic heterocycles. The Labute approximate surface area is 91.0 Å². The van der Waals surface area contributed by atoms with Gasteiger partial charge in [-0.15, -0.1) is 0 Å². The van der Waals surface area contributed by atoms with Crippen molar-refractivity contribution in [3.8, 4) is 0 Å². The van der Waals surface area contributed by atoms with E-state index in [1.165, 1.54) is 11.1 Å². The summed E-state index contributed by atoms with van der Waals surface area (Å²) in [5.74, 6) is 0. The highest BCUT2D eigenvalue weighted by Crippen LogP contribution is 2.26. The third kappa shape index (κ3) is 1.76. The van der Waals surface area contributed by atoms with Crippen LogP contribution >= 0.6 is 0 Å². The van der Waals surface area contributed by atoms with Gasteiger partial charge in [0.2, 0.25) is 0 Å². The Morgan fingerprint density at radius 2 is 1.80 bits per heavy atom. The molecule has 0 unspecified atom stereocenters. The summed E-state index contributed by atoms with van der Waals surface area (Å²) in [4.78, 5) is 4.46. The molecule has 2 rings (SSSR count). The van der Waals surface area contributed by atoms with E-state index in [2.05, 4.69) is 55.5 Å². The maximum atomic E-state index is 4.46. The van der Waals surface area contributed by atoms with E-state index >= 15 is 0 Å². The van der Waals surface area contributed by atoms with Gasteiger partial charge in [-0.1, -0.05) is 20.8 Å². The monoisotopic (exact) mass is 202 g/mol. The van der Waals surface area contributed by atoms with Crippen LogP contribution in [0, 0.1) is 13.8 Å². The highest BCUT2D eigenvalue weighted by molar-refractivity contribution is 5.47. The predicted molar refractivity (Wildman–Crippen MR) is 63.4 cm³/mol. The molecule has 0 saturated heterocycles.